The zero-order valence-corrected chi connectivity index (χ0v) is 10.9. The average molecular weight is 239 g/mol. The largest absolute Gasteiger partial charge is 0.351 e. The Morgan fingerprint density at radius 1 is 1.41 bits per heavy atom. The maximum absolute atomic E-state index is 11.5. The number of amides is 1. The number of nitrogens with zero attached hydrogens (tertiary/aromatic N) is 1. The average Bonchev–Trinajstić information content (AvgIpc) is 2.37. The second kappa shape index (κ2) is 8.25. The Morgan fingerprint density at radius 2 is 2.12 bits per heavy atom. The molecule has 0 aliphatic carbocycles. The zero-order chi connectivity index (χ0) is 12.5. The summed E-state index contributed by atoms with van der Waals surface area (Å²) in [7, 11) is 0. The first kappa shape index (κ1) is 14.2. The third-order valence-electron chi connectivity index (χ3n) is 3.14. The van der Waals surface area contributed by atoms with Crippen molar-refractivity contribution in [1.29, 1.82) is 0 Å². The molecule has 1 atom stereocenters. The van der Waals surface area contributed by atoms with Crippen LogP contribution in [0.3, 0.4) is 0 Å². The van der Waals surface area contributed by atoms with Crippen molar-refractivity contribution in [2.24, 2.45) is 0 Å². The zero-order valence-electron chi connectivity index (χ0n) is 10.9. The molecule has 1 aliphatic rings. The number of carbonyl (C=O) groups excluding carboxylic acids is 1. The Kier molecular flexibility index (Phi) is 6.89. The first-order valence-corrected chi connectivity index (χ1v) is 6.58. The Balaban J connectivity index is 2.07. The van der Waals surface area contributed by atoms with Gasteiger partial charge in [0, 0.05) is 19.6 Å². The number of carbonyl (C=O) groups is 1. The van der Waals surface area contributed by atoms with E-state index < -0.39 is 0 Å². The van der Waals surface area contributed by atoms with E-state index >= 15 is 0 Å². The van der Waals surface area contributed by atoms with Crippen LogP contribution in [0.15, 0.2) is 12.7 Å². The first-order valence-electron chi connectivity index (χ1n) is 6.58. The van der Waals surface area contributed by atoms with Crippen LogP contribution in [0.5, 0.6) is 0 Å². The Labute approximate surface area is 104 Å². The number of hydrogen-bond acceptors (Lipinski definition) is 3. The van der Waals surface area contributed by atoms with Gasteiger partial charge in [-0.05, 0) is 32.9 Å². The highest BCUT2D eigenvalue weighted by molar-refractivity contribution is 5.81. The van der Waals surface area contributed by atoms with E-state index in [1.165, 1.54) is 32.4 Å². The fourth-order valence-corrected chi connectivity index (χ4v) is 2.04. The molecule has 0 aromatic heterocycles. The Hall–Kier alpha value is -0.870. The van der Waals surface area contributed by atoms with Crippen LogP contribution >= 0.6 is 0 Å². The molecule has 0 aromatic rings. The summed E-state index contributed by atoms with van der Waals surface area (Å²) in [4.78, 5) is 14.0. The molecule has 0 aromatic carbocycles. The van der Waals surface area contributed by atoms with Crippen molar-refractivity contribution in [3.8, 4) is 0 Å². The molecule has 0 radical (unpaired) electrons. The summed E-state index contributed by atoms with van der Waals surface area (Å²) >= 11 is 0. The van der Waals surface area contributed by atoms with E-state index in [0.29, 0.717) is 6.54 Å². The van der Waals surface area contributed by atoms with Gasteiger partial charge in [0.15, 0.2) is 0 Å². The molecule has 1 saturated heterocycles. The molecular weight excluding hydrogens is 214 g/mol. The van der Waals surface area contributed by atoms with Gasteiger partial charge in [0.1, 0.15) is 0 Å². The van der Waals surface area contributed by atoms with Crippen molar-refractivity contribution in [3.63, 3.8) is 0 Å². The van der Waals surface area contributed by atoms with E-state index in [1.807, 2.05) is 6.92 Å². The molecule has 98 valence electrons. The van der Waals surface area contributed by atoms with E-state index in [2.05, 4.69) is 22.1 Å². The SMILES string of the molecule is C=CCNC(=O)C(C)NCCN1CCCCC1. The lowest BCUT2D eigenvalue weighted by Gasteiger charge is -2.26. The molecule has 17 heavy (non-hydrogen) atoms. The fraction of sp³-hybridized carbons (Fsp3) is 0.769. The van der Waals surface area contributed by atoms with Gasteiger partial charge in [-0.1, -0.05) is 12.5 Å². The fourth-order valence-electron chi connectivity index (χ4n) is 2.04. The van der Waals surface area contributed by atoms with Crippen LogP contribution in [0.1, 0.15) is 26.2 Å². The lowest BCUT2D eigenvalue weighted by molar-refractivity contribution is -0.122. The van der Waals surface area contributed by atoms with Gasteiger partial charge in [-0.15, -0.1) is 6.58 Å². The molecule has 4 heteroatoms. The standard InChI is InChI=1S/C13H25N3O/c1-3-7-15-13(17)12(2)14-8-11-16-9-5-4-6-10-16/h3,12,14H,1,4-11H2,2H3,(H,15,17). The van der Waals surface area contributed by atoms with E-state index in [9.17, 15) is 4.79 Å². The van der Waals surface area contributed by atoms with Crippen LogP contribution in [0.2, 0.25) is 0 Å². The molecule has 1 aliphatic heterocycles. The Bertz CT molecular complexity index is 237. The molecule has 4 nitrogen and oxygen atoms in total. The van der Waals surface area contributed by atoms with Crippen LogP contribution in [0.25, 0.3) is 0 Å². The lowest BCUT2D eigenvalue weighted by Crippen LogP contribution is -2.45. The minimum Gasteiger partial charge on any atom is -0.351 e. The van der Waals surface area contributed by atoms with Crippen LogP contribution in [-0.4, -0.2) is 49.6 Å². The minimum atomic E-state index is -0.125. The molecule has 1 rings (SSSR count). The highest BCUT2D eigenvalue weighted by Gasteiger charge is 2.12. The summed E-state index contributed by atoms with van der Waals surface area (Å²) in [5.41, 5.74) is 0. The van der Waals surface area contributed by atoms with E-state index in [1.54, 1.807) is 6.08 Å². The summed E-state index contributed by atoms with van der Waals surface area (Å²) in [5, 5.41) is 6.04. The normalized spacial score (nSPS) is 18.6. The highest BCUT2D eigenvalue weighted by atomic mass is 16.2. The Morgan fingerprint density at radius 3 is 2.76 bits per heavy atom. The molecule has 1 fully saturated rings. The molecule has 0 spiro atoms. The van der Waals surface area contributed by atoms with Crippen LogP contribution < -0.4 is 10.6 Å². The van der Waals surface area contributed by atoms with Gasteiger partial charge in [-0.2, -0.15) is 0 Å². The van der Waals surface area contributed by atoms with Crippen molar-refractivity contribution in [2.45, 2.75) is 32.2 Å². The van der Waals surface area contributed by atoms with Crippen molar-refractivity contribution < 1.29 is 4.79 Å². The van der Waals surface area contributed by atoms with Crippen molar-refractivity contribution in [2.75, 3.05) is 32.7 Å². The van der Waals surface area contributed by atoms with E-state index in [4.69, 9.17) is 0 Å². The number of piperidine rings is 1. The third-order valence-corrected chi connectivity index (χ3v) is 3.14. The van der Waals surface area contributed by atoms with Crippen molar-refractivity contribution in [3.05, 3.63) is 12.7 Å². The van der Waals surface area contributed by atoms with E-state index in [-0.39, 0.29) is 11.9 Å². The number of nitrogens with one attached hydrogen (secondary N) is 2. The van der Waals surface area contributed by atoms with Crippen molar-refractivity contribution >= 4 is 5.91 Å². The molecule has 0 bridgehead atoms. The first-order chi connectivity index (χ1) is 8.24. The van der Waals surface area contributed by atoms with Gasteiger partial charge in [0.05, 0.1) is 6.04 Å². The predicted molar refractivity (Wildman–Crippen MR) is 71.0 cm³/mol. The molecule has 1 unspecified atom stereocenters. The maximum Gasteiger partial charge on any atom is 0.237 e. The molecule has 1 heterocycles. The van der Waals surface area contributed by atoms with Gasteiger partial charge < -0.3 is 15.5 Å². The second-order valence-corrected chi connectivity index (χ2v) is 4.61. The second-order valence-electron chi connectivity index (χ2n) is 4.61. The molecule has 0 saturated carbocycles. The van der Waals surface area contributed by atoms with Gasteiger partial charge >= 0.3 is 0 Å². The summed E-state index contributed by atoms with van der Waals surface area (Å²) in [5.74, 6) is 0.0449. The number of rotatable bonds is 7. The monoisotopic (exact) mass is 239 g/mol. The topological polar surface area (TPSA) is 44.4 Å². The summed E-state index contributed by atoms with van der Waals surface area (Å²) < 4.78 is 0. The predicted octanol–water partition coefficient (Wildman–Crippen LogP) is 0.753. The van der Waals surface area contributed by atoms with Gasteiger partial charge in [-0.25, -0.2) is 0 Å². The smallest absolute Gasteiger partial charge is 0.237 e. The third kappa shape index (κ3) is 5.84. The quantitative estimate of drug-likeness (QED) is 0.645. The van der Waals surface area contributed by atoms with Crippen LogP contribution in [0, 0.1) is 0 Å². The summed E-state index contributed by atoms with van der Waals surface area (Å²) in [6.07, 6.45) is 5.69. The maximum atomic E-state index is 11.5. The molecule has 2 N–H and O–H groups in total. The summed E-state index contributed by atoms with van der Waals surface area (Å²) in [6, 6.07) is -0.125. The van der Waals surface area contributed by atoms with Crippen LogP contribution in [-0.2, 0) is 4.79 Å². The van der Waals surface area contributed by atoms with E-state index in [0.717, 1.165) is 13.1 Å². The van der Waals surface area contributed by atoms with Gasteiger partial charge in [0.2, 0.25) is 5.91 Å². The molecular formula is C13H25N3O. The lowest BCUT2D eigenvalue weighted by atomic mass is 10.1. The highest BCUT2D eigenvalue weighted by Crippen LogP contribution is 2.07. The number of hydrogen-bond donors (Lipinski definition) is 2. The van der Waals surface area contributed by atoms with Gasteiger partial charge in [-0.3, -0.25) is 4.79 Å². The summed E-state index contributed by atoms with van der Waals surface area (Å²) in [6.45, 7) is 10.3. The molecule has 1 amide bonds. The van der Waals surface area contributed by atoms with Crippen molar-refractivity contribution in [1.82, 2.24) is 15.5 Å². The van der Waals surface area contributed by atoms with Gasteiger partial charge in [0.25, 0.3) is 0 Å². The van der Waals surface area contributed by atoms with Crippen LogP contribution in [0.4, 0.5) is 0 Å². The minimum absolute atomic E-state index is 0.0449. The number of likely N-dealkylation sites (tertiary alicyclic amines) is 1.